The van der Waals surface area contributed by atoms with Gasteiger partial charge in [-0.25, -0.2) is 0 Å². The zero-order valence-electron chi connectivity index (χ0n) is 15.2. The Hall–Kier alpha value is -3.55. The molecule has 28 heavy (non-hydrogen) atoms. The summed E-state index contributed by atoms with van der Waals surface area (Å²) in [5.74, 6) is 0.501. The number of ether oxygens (including phenoxy) is 2. The fraction of sp³-hybridized carbons (Fsp3) is 0.250. The molecule has 1 saturated heterocycles. The van der Waals surface area contributed by atoms with Crippen molar-refractivity contribution < 1.29 is 23.9 Å². The van der Waals surface area contributed by atoms with Gasteiger partial charge in [-0.05, 0) is 42.5 Å². The van der Waals surface area contributed by atoms with Crippen LogP contribution in [-0.4, -0.2) is 42.5 Å². The van der Waals surface area contributed by atoms with Crippen LogP contribution in [0.15, 0.2) is 42.5 Å². The van der Waals surface area contributed by atoms with E-state index in [0.717, 1.165) is 0 Å². The Balaban J connectivity index is 1.30. The van der Waals surface area contributed by atoms with E-state index in [2.05, 4.69) is 10.6 Å². The number of carbonyl (C=O) groups excluding carboxylic acids is 3. The zero-order chi connectivity index (χ0) is 19.7. The second kappa shape index (κ2) is 7.22. The number of fused-ring (bicyclic) bond motifs is 1. The second-order valence-corrected chi connectivity index (χ2v) is 6.72. The SMILES string of the molecule is CC(=O)Nc1ccc(NC(=O)C2CN(C(=O)c3ccc4c(c3)OCO4)C2)cc1. The van der Waals surface area contributed by atoms with E-state index in [1.165, 1.54) is 6.92 Å². The lowest BCUT2D eigenvalue weighted by atomic mass is 9.97. The fourth-order valence-corrected chi connectivity index (χ4v) is 3.11. The van der Waals surface area contributed by atoms with E-state index >= 15 is 0 Å². The van der Waals surface area contributed by atoms with Crippen LogP contribution in [0.25, 0.3) is 0 Å². The Labute approximate surface area is 161 Å². The first-order chi connectivity index (χ1) is 13.5. The number of nitrogens with zero attached hydrogens (tertiary/aromatic N) is 1. The molecular weight excluding hydrogens is 362 g/mol. The Kier molecular flexibility index (Phi) is 4.60. The minimum Gasteiger partial charge on any atom is -0.454 e. The minimum absolute atomic E-state index is 0.137. The van der Waals surface area contributed by atoms with Crippen molar-refractivity contribution in [2.24, 2.45) is 5.92 Å². The van der Waals surface area contributed by atoms with Gasteiger partial charge in [0.1, 0.15) is 0 Å². The van der Waals surface area contributed by atoms with Crippen molar-refractivity contribution in [2.45, 2.75) is 6.92 Å². The molecule has 8 nitrogen and oxygen atoms in total. The number of hydrogen-bond acceptors (Lipinski definition) is 5. The monoisotopic (exact) mass is 381 g/mol. The summed E-state index contributed by atoms with van der Waals surface area (Å²) in [5.41, 5.74) is 1.81. The Morgan fingerprint density at radius 2 is 1.57 bits per heavy atom. The van der Waals surface area contributed by atoms with Gasteiger partial charge in [-0.2, -0.15) is 0 Å². The molecule has 0 saturated carbocycles. The van der Waals surface area contributed by atoms with Crippen LogP contribution in [0.5, 0.6) is 11.5 Å². The predicted molar refractivity (Wildman–Crippen MR) is 101 cm³/mol. The summed E-state index contributed by atoms with van der Waals surface area (Å²) in [5, 5.41) is 5.50. The van der Waals surface area contributed by atoms with Crippen LogP contribution < -0.4 is 20.1 Å². The zero-order valence-corrected chi connectivity index (χ0v) is 15.2. The number of benzene rings is 2. The van der Waals surface area contributed by atoms with E-state index in [0.29, 0.717) is 41.5 Å². The van der Waals surface area contributed by atoms with Gasteiger partial charge in [0.2, 0.25) is 18.6 Å². The lowest BCUT2D eigenvalue weighted by Gasteiger charge is -2.38. The summed E-state index contributed by atoms with van der Waals surface area (Å²) >= 11 is 0. The highest BCUT2D eigenvalue weighted by atomic mass is 16.7. The average molecular weight is 381 g/mol. The van der Waals surface area contributed by atoms with Gasteiger partial charge >= 0.3 is 0 Å². The van der Waals surface area contributed by atoms with Gasteiger partial charge in [-0.15, -0.1) is 0 Å². The summed E-state index contributed by atoms with van der Waals surface area (Å²) in [6, 6.07) is 11.9. The van der Waals surface area contributed by atoms with Crippen LogP contribution in [-0.2, 0) is 9.59 Å². The molecule has 2 aliphatic rings. The highest BCUT2D eigenvalue weighted by molar-refractivity contribution is 5.99. The van der Waals surface area contributed by atoms with Crippen LogP contribution in [0.2, 0.25) is 0 Å². The van der Waals surface area contributed by atoms with E-state index < -0.39 is 0 Å². The first-order valence-electron chi connectivity index (χ1n) is 8.87. The standard InChI is InChI=1S/C20H19N3O5/c1-12(24)21-15-3-5-16(6-4-15)22-19(25)14-9-23(10-14)20(26)13-2-7-17-18(8-13)28-11-27-17/h2-8,14H,9-11H2,1H3,(H,21,24)(H,22,25). The maximum absolute atomic E-state index is 12.5. The molecule has 0 radical (unpaired) electrons. The number of hydrogen-bond donors (Lipinski definition) is 2. The summed E-state index contributed by atoms with van der Waals surface area (Å²) < 4.78 is 10.5. The van der Waals surface area contributed by atoms with Crippen molar-refractivity contribution in [3.8, 4) is 11.5 Å². The van der Waals surface area contributed by atoms with Crippen molar-refractivity contribution in [3.63, 3.8) is 0 Å². The number of carbonyl (C=O) groups is 3. The lowest BCUT2D eigenvalue weighted by Crippen LogP contribution is -2.54. The second-order valence-electron chi connectivity index (χ2n) is 6.72. The molecule has 2 aromatic carbocycles. The van der Waals surface area contributed by atoms with Crippen molar-refractivity contribution in [1.82, 2.24) is 4.90 Å². The quantitative estimate of drug-likeness (QED) is 0.845. The highest BCUT2D eigenvalue weighted by Gasteiger charge is 2.36. The maximum Gasteiger partial charge on any atom is 0.254 e. The summed E-state index contributed by atoms with van der Waals surface area (Å²) in [6.07, 6.45) is 0. The smallest absolute Gasteiger partial charge is 0.254 e. The summed E-state index contributed by atoms with van der Waals surface area (Å²) in [4.78, 5) is 37.6. The first-order valence-corrected chi connectivity index (χ1v) is 8.87. The molecule has 0 bridgehead atoms. The Morgan fingerprint density at radius 1 is 0.929 bits per heavy atom. The van der Waals surface area contributed by atoms with Gasteiger partial charge in [0.05, 0.1) is 5.92 Å². The third-order valence-corrected chi connectivity index (χ3v) is 4.63. The van der Waals surface area contributed by atoms with Gasteiger partial charge in [0.15, 0.2) is 11.5 Å². The average Bonchev–Trinajstić information content (AvgIpc) is 3.09. The number of rotatable bonds is 4. The summed E-state index contributed by atoms with van der Waals surface area (Å²) in [7, 11) is 0. The van der Waals surface area contributed by atoms with Crippen LogP contribution >= 0.6 is 0 Å². The van der Waals surface area contributed by atoms with E-state index in [-0.39, 0.29) is 30.4 Å². The Bertz CT molecular complexity index is 935. The molecule has 2 N–H and O–H groups in total. The van der Waals surface area contributed by atoms with Crippen molar-refractivity contribution in [3.05, 3.63) is 48.0 Å². The van der Waals surface area contributed by atoms with E-state index in [9.17, 15) is 14.4 Å². The highest BCUT2D eigenvalue weighted by Crippen LogP contribution is 2.33. The van der Waals surface area contributed by atoms with Crippen LogP contribution in [0.4, 0.5) is 11.4 Å². The van der Waals surface area contributed by atoms with Gasteiger partial charge in [-0.1, -0.05) is 0 Å². The molecule has 1 fully saturated rings. The van der Waals surface area contributed by atoms with Gasteiger partial charge < -0.3 is 25.0 Å². The van der Waals surface area contributed by atoms with E-state index in [1.54, 1.807) is 47.4 Å². The molecule has 2 heterocycles. The molecule has 3 amide bonds. The largest absolute Gasteiger partial charge is 0.454 e. The number of nitrogens with one attached hydrogen (secondary N) is 2. The van der Waals surface area contributed by atoms with Crippen molar-refractivity contribution >= 4 is 29.1 Å². The maximum atomic E-state index is 12.5. The fourth-order valence-electron chi connectivity index (χ4n) is 3.11. The molecule has 0 spiro atoms. The number of anilines is 2. The molecule has 144 valence electrons. The van der Waals surface area contributed by atoms with E-state index in [4.69, 9.17) is 9.47 Å². The first kappa shape index (κ1) is 17.8. The molecule has 0 aliphatic carbocycles. The molecule has 8 heteroatoms. The number of amides is 3. The molecule has 2 aromatic rings. The Morgan fingerprint density at radius 3 is 2.25 bits per heavy atom. The minimum atomic E-state index is -0.256. The van der Waals surface area contributed by atoms with E-state index in [1.807, 2.05) is 0 Å². The van der Waals surface area contributed by atoms with Crippen molar-refractivity contribution in [2.75, 3.05) is 30.5 Å². The van der Waals surface area contributed by atoms with Crippen molar-refractivity contribution in [1.29, 1.82) is 0 Å². The molecule has 0 atom stereocenters. The third kappa shape index (κ3) is 3.62. The summed E-state index contributed by atoms with van der Waals surface area (Å²) in [6.45, 7) is 2.32. The molecule has 0 unspecified atom stereocenters. The normalized spacial score (nSPS) is 15.0. The van der Waals surface area contributed by atoms with Crippen LogP contribution in [0.3, 0.4) is 0 Å². The third-order valence-electron chi connectivity index (χ3n) is 4.63. The molecular formula is C20H19N3O5. The predicted octanol–water partition coefficient (Wildman–Crippen LogP) is 2.08. The lowest BCUT2D eigenvalue weighted by molar-refractivity contribution is -0.123. The van der Waals surface area contributed by atoms with Crippen LogP contribution in [0, 0.1) is 5.92 Å². The molecule has 2 aliphatic heterocycles. The van der Waals surface area contributed by atoms with Gasteiger partial charge in [-0.3, -0.25) is 14.4 Å². The topological polar surface area (TPSA) is 97.0 Å². The number of likely N-dealkylation sites (tertiary alicyclic amines) is 1. The van der Waals surface area contributed by atoms with Gasteiger partial charge in [0, 0.05) is 37.0 Å². The molecule has 4 rings (SSSR count). The molecule has 0 aromatic heterocycles. The van der Waals surface area contributed by atoms with Crippen LogP contribution in [0.1, 0.15) is 17.3 Å². The van der Waals surface area contributed by atoms with Gasteiger partial charge in [0.25, 0.3) is 5.91 Å².